The number of benzene rings is 2. The Bertz CT molecular complexity index is 1970. The van der Waals surface area contributed by atoms with Crippen molar-refractivity contribution in [2.45, 2.75) is 67.8 Å². The van der Waals surface area contributed by atoms with Crippen molar-refractivity contribution in [3.05, 3.63) is 80.6 Å². The van der Waals surface area contributed by atoms with E-state index >= 15 is 8.78 Å². The molecule has 1 unspecified atom stereocenters. The third kappa shape index (κ3) is 6.12. The van der Waals surface area contributed by atoms with E-state index in [1.54, 1.807) is 6.92 Å². The van der Waals surface area contributed by atoms with Crippen LogP contribution in [0.2, 0.25) is 0 Å². The number of pyridine rings is 1. The highest BCUT2D eigenvalue weighted by molar-refractivity contribution is 7.98. The maximum atomic E-state index is 15.5. The van der Waals surface area contributed by atoms with E-state index in [2.05, 4.69) is 10.5 Å². The quantitative estimate of drug-likeness (QED) is 0.230. The number of nitrogens with zero attached hydrogens (tertiary/aromatic N) is 2. The molecule has 0 radical (unpaired) electrons. The second kappa shape index (κ2) is 13.8. The molecule has 1 saturated carbocycles. The fourth-order valence-corrected chi connectivity index (χ4v) is 10.1. The molecule has 1 aromatic heterocycles. The van der Waals surface area contributed by atoms with Gasteiger partial charge in [0.25, 0.3) is 5.91 Å². The van der Waals surface area contributed by atoms with Gasteiger partial charge in [-0.05, 0) is 49.4 Å². The molecule has 2 aromatic carbocycles. The highest BCUT2D eigenvalue weighted by Crippen LogP contribution is 2.50. The molecule has 16 heteroatoms. The van der Waals surface area contributed by atoms with Gasteiger partial charge in [0.1, 0.15) is 11.7 Å². The summed E-state index contributed by atoms with van der Waals surface area (Å²) in [5.74, 6) is -3.82. The van der Waals surface area contributed by atoms with Crippen LogP contribution in [-0.2, 0) is 35.5 Å². The Morgan fingerprint density at radius 2 is 1.94 bits per heavy atom. The van der Waals surface area contributed by atoms with Crippen LogP contribution in [0.25, 0.3) is 11.3 Å². The molecule has 4 aliphatic rings. The number of thioether (sulfide) groups is 1. The van der Waals surface area contributed by atoms with Crippen LogP contribution in [0.5, 0.6) is 5.75 Å². The number of aromatic nitrogens is 1. The lowest BCUT2D eigenvalue weighted by Gasteiger charge is -2.42. The maximum Gasteiger partial charge on any atom is 0.459 e. The molecule has 7 rings (SSSR count). The molecule has 0 spiro atoms. The minimum Gasteiger partial charge on any atom is -0.468 e. The van der Waals surface area contributed by atoms with Gasteiger partial charge in [-0.15, -0.1) is 11.8 Å². The molecule has 2 fully saturated rings. The predicted molar refractivity (Wildman–Crippen MR) is 181 cm³/mol. The molecule has 4 heterocycles. The Balaban J connectivity index is 1.41. The van der Waals surface area contributed by atoms with Crippen LogP contribution < -0.4 is 20.5 Å². The highest BCUT2D eigenvalue weighted by Gasteiger charge is 2.49. The third-order valence-electron chi connectivity index (χ3n) is 9.61. The molecular formula is C34H37F2N4O8PS. The molecular weight excluding hydrogens is 693 g/mol. The number of morpholine rings is 1. The Hall–Kier alpha value is -3.75. The largest absolute Gasteiger partial charge is 0.468 e. The van der Waals surface area contributed by atoms with Crippen molar-refractivity contribution in [2.24, 2.45) is 0 Å². The molecule has 1 aliphatic carbocycles. The number of hydrogen-bond acceptors (Lipinski definition) is 10. The molecule has 2 atom stereocenters. The summed E-state index contributed by atoms with van der Waals surface area (Å²) in [5.41, 5.74) is 2.40. The number of fused-ring (bicyclic) bond motifs is 4. The number of hydrogen-bond donors (Lipinski definition) is 2. The Morgan fingerprint density at radius 3 is 2.70 bits per heavy atom. The first-order chi connectivity index (χ1) is 24.1. The summed E-state index contributed by atoms with van der Waals surface area (Å²) in [6.07, 6.45) is 2.27. The smallest absolute Gasteiger partial charge is 0.459 e. The van der Waals surface area contributed by atoms with E-state index in [-0.39, 0.29) is 73.9 Å². The van der Waals surface area contributed by atoms with Crippen molar-refractivity contribution in [3.63, 3.8) is 0 Å². The highest BCUT2D eigenvalue weighted by atomic mass is 32.2. The first kappa shape index (κ1) is 34.7. The van der Waals surface area contributed by atoms with Gasteiger partial charge in [-0.2, -0.15) is 5.09 Å². The number of halogens is 2. The van der Waals surface area contributed by atoms with Crippen LogP contribution in [0.1, 0.15) is 66.2 Å². The monoisotopic (exact) mass is 730 g/mol. The number of amides is 1. The molecule has 3 aromatic rings. The third-order valence-corrected chi connectivity index (χ3v) is 12.5. The summed E-state index contributed by atoms with van der Waals surface area (Å²) in [4.78, 5) is 44.0. The van der Waals surface area contributed by atoms with Crippen LogP contribution >= 0.6 is 19.5 Å². The van der Waals surface area contributed by atoms with Crippen molar-refractivity contribution < 1.29 is 41.5 Å². The van der Waals surface area contributed by atoms with E-state index in [0.717, 1.165) is 29.0 Å². The average Bonchev–Trinajstić information content (AvgIpc) is 3.31. The van der Waals surface area contributed by atoms with Crippen molar-refractivity contribution in [1.29, 1.82) is 0 Å². The lowest BCUT2D eigenvalue weighted by Crippen LogP contribution is -2.59. The lowest BCUT2D eigenvalue weighted by atomic mass is 9.83. The predicted octanol–water partition coefficient (Wildman–Crippen LogP) is 5.33. The molecule has 1 amide bonds. The fourth-order valence-electron chi connectivity index (χ4n) is 7.22. The number of rotatable bonds is 8. The summed E-state index contributed by atoms with van der Waals surface area (Å²) in [6, 6.07) is 9.73. The van der Waals surface area contributed by atoms with E-state index in [0.29, 0.717) is 18.4 Å². The standard InChI is InChI=1S/C34H37F2N4O8PS/c1-3-47-49(44,38-34(33(43)45-2)11-7-4-8-12-34)48-31-26(41)17-25(40-30(31)32(42)39-13-14-46-18-28(39)37-40)22-16-24(35)29(36)23-19-50-27-10-6-5-9-20(27)15-21(22)23/h5-6,9-10,16-17,28,37H,3-4,7-8,11-15,18-19H2,1-2H3,(H,38,44)/t28-,49?/m0/s1. The van der Waals surface area contributed by atoms with E-state index in [9.17, 15) is 18.9 Å². The number of carbonyl (C=O) groups is 2. The topological polar surface area (TPSA) is 137 Å². The van der Waals surface area contributed by atoms with E-state index in [1.165, 1.54) is 28.4 Å². The van der Waals surface area contributed by atoms with Gasteiger partial charge in [0, 0.05) is 34.4 Å². The Morgan fingerprint density at radius 1 is 1.16 bits per heavy atom. The molecule has 3 aliphatic heterocycles. The minimum atomic E-state index is -4.54. The zero-order valence-corrected chi connectivity index (χ0v) is 29.3. The number of methoxy groups -OCH3 is 1. The molecule has 0 bridgehead atoms. The van der Waals surface area contributed by atoms with Gasteiger partial charge in [-0.25, -0.2) is 18.0 Å². The van der Waals surface area contributed by atoms with Gasteiger partial charge in [-0.1, -0.05) is 37.5 Å². The molecule has 266 valence electrons. The van der Waals surface area contributed by atoms with Crippen LogP contribution in [0.4, 0.5) is 8.78 Å². The van der Waals surface area contributed by atoms with Crippen LogP contribution in [0, 0.1) is 11.6 Å². The van der Waals surface area contributed by atoms with Crippen molar-refractivity contribution in [3.8, 4) is 17.0 Å². The summed E-state index contributed by atoms with van der Waals surface area (Å²) in [6.45, 7) is 1.97. The lowest BCUT2D eigenvalue weighted by molar-refractivity contribution is -0.149. The van der Waals surface area contributed by atoms with Gasteiger partial charge in [-0.3, -0.25) is 18.9 Å². The summed E-state index contributed by atoms with van der Waals surface area (Å²) in [5, 5.41) is 2.80. The van der Waals surface area contributed by atoms with Crippen LogP contribution in [0.3, 0.4) is 0 Å². The molecule has 2 N–H and O–H groups in total. The second-order valence-electron chi connectivity index (χ2n) is 12.6. The van der Waals surface area contributed by atoms with E-state index in [4.69, 9.17) is 18.5 Å². The summed E-state index contributed by atoms with van der Waals surface area (Å²) < 4.78 is 69.0. The zero-order chi connectivity index (χ0) is 35.2. The first-order valence-corrected chi connectivity index (χ1v) is 19.1. The number of nitrogens with one attached hydrogen (secondary N) is 2. The van der Waals surface area contributed by atoms with Crippen molar-refractivity contribution in [2.75, 3.05) is 38.9 Å². The first-order valence-electron chi connectivity index (χ1n) is 16.6. The van der Waals surface area contributed by atoms with Gasteiger partial charge < -0.3 is 24.3 Å². The molecule has 1 saturated heterocycles. The summed E-state index contributed by atoms with van der Waals surface area (Å²) in [7, 11) is -3.31. The van der Waals surface area contributed by atoms with Crippen molar-refractivity contribution >= 4 is 31.4 Å². The van der Waals surface area contributed by atoms with Crippen LogP contribution in [0.15, 0.2) is 46.1 Å². The number of esters is 1. The molecule has 50 heavy (non-hydrogen) atoms. The van der Waals surface area contributed by atoms with Crippen molar-refractivity contribution in [1.82, 2.24) is 14.7 Å². The van der Waals surface area contributed by atoms with Gasteiger partial charge in [0.15, 0.2) is 17.3 Å². The maximum absolute atomic E-state index is 15.5. The number of carbonyl (C=O) groups excluding carboxylic acids is 2. The Kier molecular flexibility index (Phi) is 9.54. The van der Waals surface area contributed by atoms with E-state index in [1.807, 2.05) is 24.3 Å². The fraction of sp³-hybridized carbons (Fsp3) is 0.441. The van der Waals surface area contributed by atoms with Gasteiger partial charge >= 0.3 is 13.7 Å². The zero-order valence-electron chi connectivity index (χ0n) is 27.6. The minimum absolute atomic E-state index is 0.0768. The Labute approximate surface area is 291 Å². The van der Waals surface area contributed by atoms with E-state index < -0.39 is 54.1 Å². The van der Waals surface area contributed by atoms with Gasteiger partial charge in [0.05, 0.1) is 32.6 Å². The van der Waals surface area contributed by atoms with Crippen LogP contribution in [-0.4, -0.2) is 66.6 Å². The average molecular weight is 731 g/mol. The SMILES string of the molecule is CCOP(=O)(NC1(C(=O)OC)CCCCC1)Oc1c2n(c(-c3cc(F)c(F)c4c3Cc3ccccc3SC4)cc1=O)N[C@@H]1COCCN1C2=O. The molecule has 12 nitrogen and oxygen atoms in total. The van der Waals surface area contributed by atoms with Gasteiger partial charge in [0.2, 0.25) is 11.2 Å². The second-order valence-corrected chi connectivity index (χ2v) is 15.3. The normalized spacial score (nSPS) is 20.6. The summed E-state index contributed by atoms with van der Waals surface area (Å²) >= 11 is 1.38. The number of ether oxygens (including phenoxy) is 2.